The fourth-order valence-electron chi connectivity index (χ4n) is 3.35. The Morgan fingerprint density at radius 1 is 0.741 bits per heavy atom. The van der Waals surface area contributed by atoms with Gasteiger partial charge in [0.25, 0.3) is 0 Å². The van der Waals surface area contributed by atoms with Crippen LogP contribution in [0, 0.1) is 11.6 Å². The van der Waals surface area contributed by atoms with E-state index in [-0.39, 0.29) is 23.3 Å². The monoisotopic (exact) mass is 365 g/mol. The Balaban J connectivity index is 2.12. The summed E-state index contributed by atoms with van der Waals surface area (Å²) >= 11 is 0. The van der Waals surface area contributed by atoms with Gasteiger partial charge < -0.3 is 0 Å². The van der Waals surface area contributed by atoms with Crippen LogP contribution in [0.15, 0.2) is 78.9 Å². The summed E-state index contributed by atoms with van der Waals surface area (Å²) in [5.74, 6) is -1.09. The van der Waals surface area contributed by atoms with Gasteiger partial charge in [0.1, 0.15) is 11.6 Å². The molecule has 0 radical (unpaired) electrons. The molecule has 2 nitrogen and oxygen atoms in total. The summed E-state index contributed by atoms with van der Waals surface area (Å²) in [7, 11) is 3.68. The van der Waals surface area contributed by atoms with E-state index in [2.05, 4.69) is 0 Å². The van der Waals surface area contributed by atoms with E-state index >= 15 is 0 Å². The molecule has 0 bridgehead atoms. The molecule has 3 rings (SSSR count). The second-order valence-electron chi connectivity index (χ2n) is 6.72. The number of ketones is 1. The van der Waals surface area contributed by atoms with Gasteiger partial charge >= 0.3 is 0 Å². The van der Waals surface area contributed by atoms with Crippen molar-refractivity contribution in [2.45, 2.75) is 12.0 Å². The lowest BCUT2D eigenvalue weighted by Crippen LogP contribution is -2.41. The van der Waals surface area contributed by atoms with Crippen molar-refractivity contribution in [1.82, 2.24) is 4.90 Å². The van der Waals surface area contributed by atoms with E-state index in [1.807, 2.05) is 37.2 Å². The highest BCUT2D eigenvalue weighted by Gasteiger charge is 2.33. The molecule has 0 saturated carbocycles. The smallest absolute Gasteiger partial charge is 0.180 e. The number of benzene rings is 3. The summed E-state index contributed by atoms with van der Waals surface area (Å²) in [5.41, 5.74) is 2.20. The highest BCUT2D eigenvalue weighted by atomic mass is 19.1. The third-order valence-corrected chi connectivity index (χ3v) is 4.66. The molecular formula is C23H21F2NO. The Bertz CT molecular complexity index is 844. The molecule has 3 aromatic carbocycles. The Kier molecular flexibility index (Phi) is 5.77. The molecule has 0 aliphatic carbocycles. The number of nitrogens with zero attached hydrogens (tertiary/aromatic N) is 1. The van der Waals surface area contributed by atoms with Crippen LogP contribution in [0.3, 0.4) is 0 Å². The molecule has 0 aliphatic heterocycles. The predicted octanol–water partition coefficient (Wildman–Crippen LogP) is 4.91. The van der Waals surface area contributed by atoms with Crippen molar-refractivity contribution < 1.29 is 13.6 Å². The van der Waals surface area contributed by atoms with Crippen molar-refractivity contribution >= 4 is 5.78 Å². The average Bonchev–Trinajstić information content (AvgIpc) is 2.68. The molecule has 3 aromatic rings. The normalized spacial score (nSPS) is 12.4. The minimum atomic E-state index is -0.525. The third-order valence-electron chi connectivity index (χ3n) is 4.66. The first-order chi connectivity index (χ1) is 13.0. The van der Waals surface area contributed by atoms with Crippen molar-refractivity contribution in [3.8, 4) is 0 Å². The summed E-state index contributed by atoms with van der Waals surface area (Å²) in [6, 6.07) is 20.8. The number of rotatable bonds is 6. The van der Waals surface area contributed by atoms with E-state index in [1.165, 1.54) is 24.3 Å². The SMILES string of the molecule is CN(C)C(C(=O)c1ccccc1)C(c1ccc(F)cc1)c1ccc(F)cc1. The maximum Gasteiger partial charge on any atom is 0.180 e. The van der Waals surface area contributed by atoms with Crippen molar-refractivity contribution in [3.63, 3.8) is 0 Å². The summed E-state index contributed by atoms with van der Waals surface area (Å²) < 4.78 is 26.9. The lowest BCUT2D eigenvalue weighted by Gasteiger charge is -2.32. The molecular weight excluding hydrogens is 344 g/mol. The van der Waals surface area contributed by atoms with E-state index in [0.29, 0.717) is 5.56 Å². The van der Waals surface area contributed by atoms with Crippen LogP contribution < -0.4 is 0 Å². The second-order valence-corrected chi connectivity index (χ2v) is 6.72. The van der Waals surface area contributed by atoms with Gasteiger partial charge in [-0.15, -0.1) is 0 Å². The molecule has 0 aromatic heterocycles. The number of hydrogen-bond donors (Lipinski definition) is 0. The van der Waals surface area contributed by atoms with Gasteiger partial charge in [-0.2, -0.15) is 0 Å². The summed E-state index contributed by atoms with van der Waals surface area (Å²) in [5, 5.41) is 0. The Morgan fingerprint density at radius 3 is 1.59 bits per heavy atom. The summed E-state index contributed by atoms with van der Waals surface area (Å²) in [6.45, 7) is 0. The van der Waals surface area contributed by atoms with Crippen LogP contribution in [0.5, 0.6) is 0 Å². The Morgan fingerprint density at radius 2 is 1.19 bits per heavy atom. The van der Waals surface area contributed by atoms with Crippen LogP contribution in [0.1, 0.15) is 27.4 Å². The highest BCUT2D eigenvalue weighted by Crippen LogP contribution is 2.32. The van der Waals surface area contributed by atoms with Crippen molar-refractivity contribution in [2.75, 3.05) is 14.1 Å². The van der Waals surface area contributed by atoms with Crippen LogP contribution in [-0.2, 0) is 0 Å². The highest BCUT2D eigenvalue weighted by molar-refractivity contribution is 6.01. The van der Waals surface area contributed by atoms with Gasteiger partial charge in [-0.25, -0.2) is 8.78 Å². The number of Topliss-reactive ketones (excluding diaryl/α,β-unsaturated/α-hetero) is 1. The summed E-state index contributed by atoms with van der Waals surface area (Å²) in [6.07, 6.45) is 0. The van der Waals surface area contributed by atoms with E-state index in [4.69, 9.17) is 0 Å². The zero-order valence-electron chi connectivity index (χ0n) is 15.3. The first-order valence-electron chi connectivity index (χ1n) is 8.74. The van der Waals surface area contributed by atoms with Crippen LogP contribution in [-0.4, -0.2) is 30.8 Å². The second kappa shape index (κ2) is 8.23. The molecule has 27 heavy (non-hydrogen) atoms. The zero-order valence-corrected chi connectivity index (χ0v) is 15.3. The maximum absolute atomic E-state index is 13.5. The summed E-state index contributed by atoms with van der Waals surface area (Å²) in [4.78, 5) is 15.2. The lowest BCUT2D eigenvalue weighted by molar-refractivity contribution is 0.0859. The molecule has 0 saturated heterocycles. The number of hydrogen-bond acceptors (Lipinski definition) is 2. The molecule has 0 aliphatic rings. The van der Waals surface area contributed by atoms with E-state index in [1.54, 1.807) is 36.4 Å². The van der Waals surface area contributed by atoms with Crippen molar-refractivity contribution in [3.05, 3.63) is 107 Å². The van der Waals surface area contributed by atoms with E-state index in [0.717, 1.165) is 11.1 Å². The zero-order chi connectivity index (χ0) is 19.4. The maximum atomic E-state index is 13.5. The third kappa shape index (κ3) is 4.29. The molecule has 0 spiro atoms. The van der Waals surface area contributed by atoms with E-state index in [9.17, 15) is 13.6 Å². The number of carbonyl (C=O) groups is 1. The quantitative estimate of drug-likeness (QED) is 0.579. The Labute approximate surface area is 158 Å². The van der Waals surface area contributed by atoms with Crippen LogP contribution in [0.25, 0.3) is 0 Å². The van der Waals surface area contributed by atoms with Gasteiger partial charge in [0, 0.05) is 11.5 Å². The topological polar surface area (TPSA) is 20.3 Å². The molecule has 0 amide bonds. The molecule has 1 unspecified atom stereocenters. The molecule has 0 fully saturated rings. The lowest BCUT2D eigenvalue weighted by atomic mass is 9.81. The average molecular weight is 365 g/mol. The predicted molar refractivity (Wildman–Crippen MR) is 103 cm³/mol. The number of likely N-dealkylation sites (N-methyl/N-ethyl adjacent to an activating group) is 1. The molecule has 138 valence electrons. The van der Waals surface area contributed by atoms with E-state index < -0.39 is 6.04 Å². The van der Waals surface area contributed by atoms with Crippen LogP contribution in [0.4, 0.5) is 8.78 Å². The molecule has 0 N–H and O–H groups in total. The first-order valence-corrected chi connectivity index (χ1v) is 8.74. The van der Waals surface area contributed by atoms with Crippen LogP contribution >= 0.6 is 0 Å². The van der Waals surface area contributed by atoms with Gasteiger partial charge in [-0.1, -0.05) is 54.6 Å². The molecule has 4 heteroatoms. The largest absolute Gasteiger partial charge is 0.299 e. The van der Waals surface area contributed by atoms with Gasteiger partial charge in [-0.3, -0.25) is 9.69 Å². The van der Waals surface area contributed by atoms with Gasteiger partial charge in [0.05, 0.1) is 6.04 Å². The van der Waals surface area contributed by atoms with Crippen molar-refractivity contribution in [2.24, 2.45) is 0 Å². The Hall–Kier alpha value is -2.85. The van der Waals surface area contributed by atoms with Gasteiger partial charge in [-0.05, 0) is 49.5 Å². The number of halogens is 2. The molecule has 0 heterocycles. The van der Waals surface area contributed by atoms with Crippen LogP contribution in [0.2, 0.25) is 0 Å². The first kappa shape index (κ1) is 18.9. The minimum Gasteiger partial charge on any atom is -0.299 e. The fraction of sp³-hybridized carbons (Fsp3) is 0.174. The number of carbonyl (C=O) groups excluding carboxylic acids is 1. The standard InChI is InChI=1S/C23H21F2NO/c1-26(2)22(23(27)18-6-4-3-5-7-18)21(16-8-12-19(24)13-9-16)17-10-14-20(25)15-11-17/h3-15,21-22H,1-2H3. The fourth-order valence-corrected chi connectivity index (χ4v) is 3.35. The van der Waals surface area contributed by atoms with Gasteiger partial charge in [0.2, 0.25) is 0 Å². The van der Waals surface area contributed by atoms with Crippen molar-refractivity contribution in [1.29, 1.82) is 0 Å². The van der Waals surface area contributed by atoms with Gasteiger partial charge in [0.15, 0.2) is 5.78 Å². The minimum absolute atomic E-state index is 0.0424. The molecule has 1 atom stereocenters.